The molecule has 0 spiro atoms. The summed E-state index contributed by atoms with van der Waals surface area (Å²) in [7, 11) is 0. The van der Waals surface area contributed by atoms with Gasteiger partial charge in [-0.25, -0.2) is 24.5 Å². The van der Waals surface area contributed by atoms with Crippen LogP contribution in [-0.2, 0) is 9.88 Å². The molecule has 0 fully saturated rings. The molecule has 0 saturated heterocycles. The van der Waals surface area contributed by atoms with E-state index in [2.05, 4.69) is 14.9 Å². The van der Waals surface area contributed by atoms with E-state index < -0.39 is 23.2 Å². The molecule has 1 aromatic rings. The van der Waals surface area contributed by atoms with Crippen molar-refractivity contribution in [1.82, 2.24) is 4.98 Å². The second kappa shape index (κ2) is 4.26. The number of rotatable bonds is 2. The molecule has 0 N–H and O–H groups in total. The summed E-state index contributed by atoms with van der Waals surface area (Å²) >= 11 is 0. The third kappa shape index (κ3) is 1.82. The molecule has 0 aliphatic carbocycles. The normalized spacial score (nSPS) is 9.29. The van der Waals surface area contributed by atoms with E-state index in [1.54, 1.807) is 0 Å². The number of nitrogens with zero attached hydrogens (tertiary/aromatic N) is 1. The van der Waals surface area contributed by atoms with Crippen LogP contribution in [0, 0.1) is 0 Å². The van der Waals surface area contributed by atoms with Crippen molar-refractivity contribution in [3.63, 3.8) is 0 Å². The molecular formula is C7H3F2NO4. The molecule has 0 aliphatic rings. The number of halogens is 2. The van der Waals surface area contributed by atoms with E-state index in [-0.39, 0.29) is 0 Å². The number of carbonyl (C=O) groups is 2. The highest BCUT2D eigenvalue weighted by molar-refractivity contribution is 6.01. The highest BCUT2D eigenvalue weighted by Crippen LogP contribution is 2.09. The Bertz CT molecular complexity index is 333. The van der Waals surface area contributed by atoms with Gasteiger partial charge < -0.3 is 0 Å². The van der Waals surface area contributed by atoms with Gasteiger partial charge in [0, 0.05) is 15.2 Å². The highest BCUT2D eigenvalue weighted by Gasteiger charge is 2.21. The third-order valence-corrected chi connectivity index (χ3v) is 1.36. The Balaban J connectivity index is 3.15. The van der Waals surface area contributed by atoms with Crippen molar-refractivity contribution in [3.8, 4) is 0 Å². The monoisotopic (exact) mass is 203 g/mol. The highest BCUT2D eigenvalue weighted by atomic mass is 19.3. The van der Waals surface area contributed by atoms with Crippen molar-refractivity contribution >= 4 is 11.9 Å². The van der Waals surface area contributed by atoms with Gasteiger partial charge in [-0.1, -0.05) is 0 Å². The number of hydrogen-bond acceptors (Lipinski definition) is 5. The summed E-state index contributed by atoms with van der Waals surface area (Å²) in [6.07, 6.45) is 1.11. The van der Waals surface area contributed by atoms with E-state index in [4.69, 9.17) is 0 Å². The predicted molar refractivity (Wildman–Crippen MR) is 37.3 cm³/mol. The Kier molecular flexibility index (Phi) is 3.05. The van der Waals surface area contributed by atoms with Crippen molar-refractivity contribution in [1.29, 1.82) is 0 Å². The van der Waals surface area contributed by atoms with E-state index in [0.717, 1.165) is 12.3 Å². The fraction of sp³-hybridized carbons (Fsp3) is 0. The lowest BCUT2D eigenvalue weighted by molar-refractivity contribution is -0.0826. The largest absolute Gasteiger partial charge is 0.398 e. The standard InChI is InChI=1S/C7H3F2NO4/c8-13-6(11)4-2-1-3-10-5(4)7(12)14-9/h1-3H. The van der Waals surface area contributed by atoms with Crippen molar-refractivity contribution in [2.75, 3.05) is 0 Å². The maximum Gasteiger partial charge on any atom is 0.398 e. The summed E-state index contributed by atoms with van der Waals surface area (Å²) in [5, 5.41) is 0. The molecule has 1 rings (SSSR count). The van der Waals surface area contributed by atoms with Crippen LogP contribution in [0.4, 0.5) is 9.05 Å². The lowest BCUT2D eigenvalue weighted by atomic mass is 10.2. The lowest BCUT2D eigenvalue weighted by Crippen LogP contribution is -2.11. The van der Waals surface area contributed by atoms with Gasteiger partial charge in [-0.15, -0.1) is 0 Å². The first kappa shape index (κ1) is 10.0. The minimum atomic E-state index is -1.49. The third-order valence-electron chi connectivity index (χ3n) is 1.36. The smallest absolute Gasteiger partial charge is 0.249 e. The summed E-state index contributed by atoms with van der Waals surface area (Å²) in [5.74, 6) is -2.94. The Labute approximate surface area is 76.1 Å². The molecule has 0 aromatic carbocycles. The minimum absolute atomic E-state index is 0.516. The van der Waals surface area contributed by atoms with E-state index in [1.165, 1.54) is 6.07 Å². The fourth-order valence-electron chi connectivity index (χ4n) is 0.811. The van der Waals surface area contributed by atoms with Gasteiger partial charge in [0.05, 0.1) is 5.56 Å². The van der Waals surface area contributed by atoms with Gasteiger partial charge in [-0.3, -0.25) is 0 Å². The van der Waals surface area contributed by atoms with Crippen LogP contribution in [0.5, 0.6) is 0 Å². The summed E-state index contributed by atoms with van der Waals surface area (Å²) in [6.45, 7) is 0. The molecule has 0 radical (unpaired) electrons. The predicted octanol–water partition coefficient (Wildman–Crippen LogP) is 1.16. The molecule has 1 aromatic heterocycles. The van der Waals surface area contributed by atoms with E-state index in [0.29, 0.717) is 0 Å². The quantitative estimate of drug-likeness (QED) is 0.721. The zero-order valence-electron chi connectivity index (χ0n) is 6.57. The van der Waals surface area contributed by atoms with Crippen molar-refractivity contribution in [3.05, 3.63) is 29.6 Å². The minimum Gasteiger partial charge on any atom is -0.249 e. The van der Waals surface area contributed by atoms with Crippen LogP contribution in [0.3, 0.4) is 0 Å². The summed E-state index contributed by atoms with van der Waals surface area (Å²) in [6, 6.07) is 2.29. The van der Waals surface area contributed by atoms with E-state index >= 15 is 0 Å². The Morgan fingerprint density at radius 2 is 1.86 bits per heavy atom. The number of aromatic nitrogens is 1. The van der Waals surface area contributed by atoms with Crippen LogP contribution < -0.4 is 0 Å². The number of carbonyl (C=O) groups excluding carboxylic acids is 2. The summed E-state index contributed by atoms with van der Waals surface area (Å²) in [4.78, 5) is 30.4. The molecule has 1 heterocycles. The van der Waals surface area contributed by atoms with Gasteiger partial charge in [0.15, 0.2) is 5.69 Å². The number of hydrogen-bond donors (Lipinski definition) is 0. The molecule has 14 heavy (non-hydrogen) atoms. The van der Waals surface area contributed by atoms with Gasteiger partial charge in [-0.05, 0) is 12.1 Å². The van der Waals surface area contributed by atoms with Gasteiger partial charge >= 0.3 is 11.9 Å². The maximum absolute atomic E-state index is 11.5. The number of pyridine rings is 1. The van der Waals surface area contributed by atoms with Gasteiger partial charge in [0.25, 0.3) is 0 Å². The second-order valence-corrected chi connectivity index (χ2v) is 2.13. The van der Waals surface area contributed by atoms with Gasteiger partial charge in [-0.2, -0.15) is 0 Å². The first-order valence-electron chi connectivity index (χ1n) is 3.31. The Morgan fingerprint density at radius 1 is 1.21 bits per heavy atom. The van der Waals surface area contributed by atoms with Crippen molar-refractivity contribution < 1.29 is 28.5 Å². The SMILES string of the molecule is O=C(OF)c1cccnc1C(=O)OF. The second-order valence-electron chi connectivity index (χ2n) is 2.13. The van der Waals surface area contributed by atoms with Gasteiger partial charge in [0.2, 0.25) is 0 Å². The van der Waals surface area contributed by atoms with Crippen LogP contribution in [0.1, 0.15) is 20.8 Å². The molecule has 0 aliphatic heterocycles. The average Bonchev–Trinajstić information content (AvgIpc) is 2.27. The molecule has 0 unspecified atom stereocenters. The molecule has 0 bridgehead atoms. The molecule has 0 atom stereocenters. The van der Waals surface area contributed by atoms with Crippen molar-refractivity contribution in [2.24, 2.45) is 0 Å². The van der Waals surface area contributed by atoms with Gasteiger partial charge in [0.1, 0.15) is 0 Å². The molecular weight excluding hydrogens is 200 g/mol. The molecule has 74 valence electrons. The zero-order valence-corrected chi connectivity index (χ0v) is 6.57. The molecule has 7 heteroatoms. The van der Waals surface area contributed by atoms with Crippen molar-refractivity contribution in [2.45, 2.75) is 0 Å². The van der Waals surface area contributed by atoms with E-state index in [9.17, 15) is 18.6 Å². The van der Waals surface area contributed by atoms with Crippen LogP contribution >= 0.6 is 0 Å². The van der Waals surface area contributed by atoms with Crippen LogP contribution in [0.15, 0.2) is 18.3 Å². The fourth-order valence-corrected chi connectivity index (χ4v) is 0.811. The Hall–Kier alpha value is -2.05. The Morgan fingerprint density at radius 3 is 2.43 bits per heavy atom. The van der Waals surface area contributed by atoms with Crippen LogP contribution in [0.25, 0.3) is 0 Å². The first-order chi connectivity index (χ1) is 6.70. The average molecular weight is 203 g/mol. The van der Waals surface area contributed by atoms with Crippen LogP contribution in [0.2, 0.25) is 0 Å². The first-order valence-corrected chi connectivity index (χ1v) is 3.31. The topological polar surface area (TPSA) is 65.5 Å². The zero-order chi connectivity index (χ0) is 10.6. The van der Waals surface area contributed by atoms with Crippen LogP contribution in [-0.4, -0.2) is 16.9 Å². The molecule has 0 saturated carbocycles. The molecule has 0 amide bonds. The summed E-state index contributed by atoms with van der Waals surface area (Å²) in [5.41, 5.74) is -1.17. The lowest BCUT2D eigenvalue weighted by Gasteiger charge is -1.99. The van der Waals surface area contributed by atoms with E-state index in [1.807, 2.05) is 0 Å². The maximum atomic E-state index is 11.5. The summed E-state index contributed by atoms with van der Waals surface area (Å²) < 4.78 is 23.0. The molecule has 5 nitrogen and oxygen atoms in total.